The van der Waals surface area contributed by atoms with Crippen molar-refractivity contribution in [2.45, 2.75) is 69.7 Å². The van der Waals surface area contributed by atoms with Crippen molar-refractivity contribution in [2.75, 3.05) is 25.0 Å². The summed E-state index contributed by atoms with van der Waals surface area (Å²) in [4.78, 5) is 40.8. The largest absolute Gasteiger partial charge is 0.446 e. The monoisotopic (exact) mass is 638 g/mol. The zero-order valence-corrected chi connectivity index (χ0v) is 26.6. The molecule has 0 radical (unpaired) electrons. The first kappa shape index (κ1) is 30.4. The molecule has 1 saturated carbocycles. The molecule has 238 valence electrons. The van der Waals surface area contributed by atoms with Crippen LogP contribution < -0.4 is 5.32 Å². The second-order valence-corrected chi connectivity index (χ2v) is 13.0. The van der Waals surface area contributed by atoms with Gasteiger partial charge in [0, 0.05) is 55.5 Å². The minimum Gasteiger partial charge on any atom is -0.446 e. The third-order valence-corrected chi connectivity index (χ3v) is 9.74. The van der Waals surface area contributed by atoms with E-state index >= 15 is 0 Å². The summed E-state index contributed by atoms with van der Waals surface area (Å²) in [7, 11) is 0. The van der Waals surface area contributed by atoms with Crippen LogP contribution >= 0.6 is 11.6 Å². The summed E-state index contributed by atoms with van der Waals surface area (Å²) >= 11 is 6.48. The van der Waals surface area contributed by atoms with Crippen LogP contribution in [0.3, 0.4) is 0 Å². The zero-order valence-electron chi connectivity index (χ0n) is 25.9. The molecule has 4 aromatic rings. The fourth-order valence-electron chi connectivity index (χ4n) is 7.19. The smallest absolute Gasteiger partial charge is 0.410 e. The number of amides is 2. The topological polar surface area (TPSA) is 92.6 Å². The van der Waals surface area contributed by atoms with Crippen LogP contribution in [-0.4, -0.2) is 68.1 Å². The van der Waals surface area contributed by atoms with Crippen LogP contribution in [-0.2, 0) is 28.9 Å². The van der Waals surface area contributed by atoms with Gasteiger partial charge in [-0.1, -0.05) is 42.3 Å². The average Bonchev–Trinajstić information content (AvgIpc) is 3.53. The third-order valence-electron chi connectivity index (χ3n) is 9.50. The minimum atomic E-state index is -0.647. The molecule has 9 nitrogen and oxygen atoms in total. The number of benzene rings is 2. The second kappa shape index (κ2) is 13.6. The van der Waals surface area contributed by atoms with Crippen LogP contribution in [0.4, 0.5) is 10.5 Å². The number of aryl methyl sites for hydroxylation is 2. The Kier molecular flexibility index (Phi) is 9.03. The number of pyridine rings is 1. The molecule has 3 aliphatic rings. The van der Waals surface area contributed by atoms with Crippen LogP contribution in [0.5, 0.6) is 0 Å². The van der Waals surface area contributed by atoms with Gasteiger partial charge in [-0.25, -0.2) is 9.78 Å². The summed E-state index contributed by atoms with van der Waals surface area (Å²) in [5.41, 5.74) is 6.10. The zero-order chi connectivity index (χ0) is 31.5. The molecular weight excluding hydrogens is 600 g/mol. The summed E-state index contributed by atoms with van der Waals surface area (Å²) in [5.74, 6) is -0.174. The van der Waals surface area contributed by atoms with E-state index in [1.165, 1.54) is 6.42 Å². The summed E-state index contributed by atoms with van der Waals surface area (Å²) in [6, 6.07) is 17.1. The van der Waals surface area contributed by atoms with Crippen LogP contribution in [0.1, 0.15) is 66.1 Å². The first-order valence-electron chi connectivity index (χ1n) is 16.3. The maximum absolute atomic E-state index is 14.4. The number of rotatable bonds is 6. The molecule has 46 heavy (non-hydrogen) atoms. The van der Waals surface area contributed by atoms with Gasteiger partial charge in [-0.3, -0.25) is 14.7 Å². The molecule has 2 aromatic heterocycles. The molecule has 1 saturated heterocycles. The van der Waals surface area contributed by atoms with E-state index in [1.807, 2.05) is 59.4 Å². The normalized spacial score (nSPS) is 20.3. The van der Waals surface area contributed by atoms with E-state index in [1.54, 1.807) is 17.4 Å². The highest BCUT2D eigenvalue weighted by atomic mass is 35.5. The standard InChI is InChI=1S/C36H39ClN6O3/c37-28-13-14-31-27(21-28)12-11-26-7-5-15-39-33(26)34(31)43-19-18-42(36(45)46-30-9-2-1-3-10-30)23-32(43)35(44)40-29-8-4-6-25(20-29)22-41-17-16-38-24-41/h4-8,13-17,20-21,24,30,32,34H,1-3,9-12,18-19,22-23H2,(H,40,44)/t32-,34+/m0/s1. The van der Waals surface area contributed by atoms with Crippen molar-refractivity contribution in [3.63, 3.8) is 0 Å². The number of piperazine rings is 1. The predicted molar refractivity (Wildman–Crippen MR) is 177 cm³/mol. The second-order valence-electron chi connectivity index (χ2n) is 12.6. The number of halogens is 1. The van der Waals surface area contributed by atoms with Gasteiger partial charge in [-0.15, -0.1) is 0 Å². The van der Waals surface area contributed by atoms with Gasteiger partial charge >= 0.3 is 6.09 Å². The van der Waals surface area contributed by atoms with Crippen LogP contribution in [0.15, 0.2) is 79.5 Å². The Morgan fingerprint density at radius 1 is 0.957 bits per heavy atom. The molecule has 0 spiro atoms. The summed E-state index contributed by atoms with van der Waals surface area (Å²) < 4.78 is 7.96. The van der Waals surface area contributed by atoms with Gasteiger partial charge < -0.3 is 19.5 Å². The number of hydrogen-bond acceptors (Lipinski definition) is 6. The van der Waals surface area contributed by atoms with Crippen LogP contribution in [0.2, 0.25) is 5.02 Å². The van der Waals surface area contributed by atoms with Crippen LogP contribution in [0, 0.1) is 0 Å². The molecule has 1 aliphatic heterocycles. The maximum atomic E-state index is 14.4. The lowest BCUT2D eigenvalue weighted by atomic mass is 9.94. The van der Waals surface area contributed by atoms with Crippen molar-refractivity contribution in [1.29, 1.82) is 0 Å². The Morgan fingerprint density at radius 3 is 2.67 bits per heavy atom. The number of imidazole rings is 1. The first-order chi connectivity index (χ1) is 22.5. The molecule has 1 N–H and O–H groups in total. The lowest BCUT2D eigenvalue weighted by Crippen LogP contribution is -2.60. The first-order valence-corrected chi connectivity index (χ1v) is 16.7. The van der Waals surface area contributed by atoms with E-state index in [0.717, 1.165) is 66.5 Å². The summed E-state index contributed by atoms with van der Waals surface area (Å²) in [6.45, 7) is 1.80. The van der Waals surface area contributed by atoms with E-state index in [9.17, 15) is 9.59 Å². The molecule has 0 bridgehead atoms. The lowest BCUT2D eigenvalue weighted by molar-refractivity contribution is -0.124. The molecule has 3 heterocycles. The minimum absolute atomic E-state index is 0.0562. The number of hydrogen-bond donors (Lipinski definition) is 1. The Morgan fingerprint density at radius 2 is 1.83 bits per heavy atom. The van der Waals surface area contributed by atoms with Gasteiger partial charge in [0.15, 0.2) is 0 Å². The third kappa shape index (κ3) is 6.66. The van der Waals surface area contributed by atoms with Crippen LogP contribution in [0.25, 0.3) is 0 Å². The average molecular weight is 639 g/mol. The fourth-order valence-corrected chi connectivity index (χ4v) is 7.38. The fraction of sp³-hybridized carbons (Fsp3) is 0.389. The molecule has 10 heteroatoms. The highest BCUT2D eigenvalue weighted by Gasteiger charge is 2.42. The van der Waals surface area contributed by atoms with Gasteiger partial charge in [0.1, 0.15) is 12.1 Å². The molecule has 2 amide bonds. The maximum Gasteiger partial charge on any atom is 0.410 e. The van der Waals surface area contributed by atoms with E-state index in [4.69, 9.17) is 21.3 Å². The number of ether oxygens (including phenoxy) is 1. The summed E-state index contributed by atoms with van der Waals surface area (Å²) in [6.07, 6.45) is 13.7. The van der Waals surface area contributed by atoms with Gasteiger partial charge in [0.05, 0.1) is 18.1 Å². The van der Waals surface area contributed by atoms with E-state index in [0.29, 0.717) is 30.3 Å². The van der Waals surface area contributed by atoms with Crippen molar-refractivity contribution in [1.82, 2.24) is 24.3 Å². The van der Waals surface area contributed by atoms with Gasteiger partial charge in [-0.05, 0) is 91.1 Å². The van der Waals surface area contributed by atoms with Crippen molar-refractivity contribution >= 4 is 29.3 Å². The van der Waals surface area contributed by atoms with Gasteiger partial charge in [0.25, 0.3) is 0 Å². The Bertz CT molecular complexity index is 1690. The van der Waals surface area contributed by atoms with E-state index in [2.05, 4.69) is 27.3 Å². The Labute approximate surface area is 274 Å². The number of carbonyl (C=O) groups excluding carboxylic acids is 2. The highest BCUT2D eigenvalue weighted by Crippen LogP contribution is 2.39. The molecule has 2 atom stereocenters. The molecule has 2 fully saturated rings. The quantitative estimate of drug-likeness (QED) is 0.268. The number of carbonyl (C=O) groups is 2. The molecule has 2 aliphatic carbocycles. The van der Waals surface area contributed by atoms with Gasteiger partial charge in [-0.2, -0.15) is 0 Å². The number of anilines is 1. The molecule has 2 aromatic carbocycles. The van der Waals surface area contributed by atoms with E-state index < -0.39 is 6.04 Å². The van der Waals surface area contributed by atoms with Crippen molar-refractivity contribution in [3.8, 4) is 0 Å². The number of aromatic nitrogens is 3. The van der Waals surface area contributed by atoms with Crippen molar-refractivity contribution in [3.05, 3.63) is 112 Å². The number of nitrogens with zero attached hydrogens (tertiary/aromatic N) is 5. The Balaban J connectivity index is 1.21. The molecule has 0 unspecified atom stereocenters. The SMILES string of the molecule is O=C(Nc1cccc(Cn2ccnc2)c1)[C@@H]1CN(C(=O)OC2CCCCC2)CCN1[C@@H]1c2ccc(Cl)cc2CCc2cccnc21. The van der Waals surface area contributed by atoms with Crippen molar-refractivity contribution < 1.29 is 14.3 Å². The summed E-state index contributed by atoms with van der Waals surface area (Å²) in [5, 5.41) is 3.88. The van der Waals surface area contributed by atoms with Crippen molar-refractivity contribution in [2.24, 2.45) is 0 Å². The number of nitrogens with one attached hydrogen (secondary N) is 1. The predicted octanol–water partition coefficient (Wildman–Crippen LogP) is 6.26. The Hall–Kier alpha value is -4.21. The molecular formula is C36H39ClN6O3. The van der Waals surface area contributed by atoms with E-state index in [-0.39, 0.29) is 30.7 Å². The number of fused-ring (bicyclic) bond motifs is 2. The lowest BCUT2D eigenvalue weighted by Gasteiger charge is -2.44. The highest BCUT2D eigenvalue weighted by molar-refractivity contribution is 6.30. The van der Waals surface area contributed by atoms with Gasteiger partial charge in [0.2, 0.25) is 5.91 Å². The molecule has 7 rings (SSSR count).